The molecule has 0 radical (unpaired) electrons. The quantitative estimate of drug-likeness (QED) is 0.754. The van der Waals surface area contributed by atoms with E-state index >= 15 is 0 Å². The van der Waals surface area contributed by atoms with Crippen LogP contribution in [0.5, 0.6) is 11.8 Å². The summed E-state index contributed by atoms with van der Waals surface area (Å²) in [5, 5.41) is 3.37. The van der Waals surface area contributed by atoms with E-state index < -0.39 is 0 Å². The van der Waals surface area contributed by atoms with Crippen LogP contribution in [0.3, 0.4) is 0 Å². The first-order chi connectivity index (χ1) is 9.71. The first kappa shape index (κ1) is 16.7. The third-order valence-electron chi connectivity index (χ3n) is 3.68. The zero-order chi connectivity index (χ0) is 15.0. The van der Waals surface area contributed by atoms with Gasteiger partial charge in [0.05, 0.1) is 26.5 Å². The number of unbranched alkanes of at least 4 members (excludes halogenated alkanes) is 1. The summed E-state index contributed by atoms with van der Waals surface area (Å²) in [7, 11) is 5.16. The van der Waals surface area contributed by atoms with Gasteiger partial charge in [-0.25, -0.2) is 4.98 Å². The molecule has 0 amide bonds. The molecule has 0 bridgehead atoms. The number of hydrogen-bond donors (Lipinski definition) is 1. The van der Waals surface area contributed by atoms with E-state index in [1.165, 1.54) is 19.3 Å². The molecule has 0 aliphatic carbocycles. The summed E-state index contributed by atoms with van der Waals surface area (Å²) in [4.78, 5) is 8.82. The van der Waals surface area contributed by atoms with Crippen LogP contribution in [0.2, 0.25) is 0 Å². The number of nitrogens with one attached hydrogen (secondary N) is 1. The summed E-state index contributed by atoms with van der Waals surface area (Å²) in [5.41, 5.74) is 0.860. The highest BCUT2D eigenvalue weighted by molar-refractivity contribution is 5.26. The summed E-state index contributed by atoms with van der Waals surface area (Å²) in [6.07, 6.45) is 6.35. The first-order valence-electron chi connectivity index (χ1n) is 7.33. The molecule has 114 valence electrons. The highest BCUT2D eigenvalue weighted by atomic mass is 16.5. The van der Waals surface area contributed by atoms with Gasteiger partial charge in [0.25, 0.3) is 0 Å². The standard InChI is InChI=1S/C15H27N3O2/c1-6-8-9-11(7-2)13(16-3)14-15(20-5)18-12(19-4)10-17-14/h10-11,13,16H,6-9H2,1-5H3. The molecule has 0 saturated carbocycles. The Morgan fingerprint density at radius 3 is 2.50 bits per heavy atom. The molecule has 5 heteroatoms. The summed E-state index contributed by atoms with van der Waals surface area (Å²) < 4.78 is 10.5. The highest BCUT2D eigenvalue weighted by Gasteiger charge is 2.25. The summed E-state index contributed by atoms with van der Waals surface area (Å²) >= 11 is 0. The zero-order valence-corrected chi connectivity index (χ0v) is 13.3. The topological polar surface area (TPSA) is 56.3 Å². The van der Waals surface area contributed by atoms with Crippen molar-refractivity contribution in [3.8, 4) is 11.8 Å². The van der Waals surface area contributed by atoms with Gasteiger partial charge in [-0.05, 0) is 19.4 Å². The van der Waals surface area contributed by atoms with Gasteiger partial charge < -0.3 is 14.8 Å². The molecule has 0 spiro atoms. The first-order valence-corrected chi connectivity index (χ1v) is 7.33. The van der Waals surface area contributed by atoms with E-state index in [2.05, 4.69) is 29.1 Å². The van der Waals surface area contributed by atoms with Gasteiger partial charge in [0.1, 0.15) is 5.69 Å². The monoisotopic (exact) mass is 281 g/mol. The van der Waals surface area contributed by atoms with Gasteiger partial charge in [0.2, 0.25) is 11.8 Å². The Morgan fingerprint density at radius 1 is 1.25 bits per heavy atom. The van der Waals surface area contributed by atoms with Crippen LogP contribution < -0.4 is 14.8 Å². The molecular formula is C15H27N3O2. The van der Waals surface area contributed by atoms with Gasteiger partial charge in [-0.2, -0.15) is 4.98 Å². The number of hydrogen-bond acceptors (Lipinski definition) is 5. The number of rotatable bonds is 9. The van der Waals surface area contributed by atoms with Crippen LogP contribution in [0.1, 0.15) is 51.3 Å². The molecule has 1 aromatic heterocycles. The molecule has 1 rings (SSSR count). The third kappa shape index (κ3) is 4.07. The minimum Gasteiger partial charge on any atom is -0.480 e. The summed E-state index contributed by atoms with van der Waals surface area (Å²) in [6, 6.07) is 0.153. The van der Waals surface area contributed by atoms with Crippen molar-refractivity contribution in [1.82, 2.24) is 15.3 Å². The molecule has 5 nitrogen and oxygen atoms in total. The predicted octanol–water partition coefficient (Wildman–Crippen LogP) is 2.97. The largest absolute Gasteiger partial charge is 0.480 e. The predicted molar refractivity (Wildman–Crippen MR) is 80.2 cm³/mol. The van der Waals surface area contributed by atoms with Gasteiger partial charge in [0, 0.05) is 0 Å². The van der Waals surface area contributed by atoms with Gasteiger partial charge in [-0.15, -0.1) is 0 Å². The fourth-order valence-electron chi connectivity index (χ4n) is 2.50. The Kier molecular flexibility index (Phi) is 7.30. The van der Waals surface area contributed by atoms with Crippen molar-refractivity contribution in [1.29, 1.82) is 0 Å². The van der Waals surface area contributed by atoms with Crippen LogP contribution in [0.25, 0.3) is 0 Å². The fourth-order valence-corrected chi connectivity index (χ4v) is 2.50. The van der Waals surface area contributed by atoms with Crippen molar-refractivity contribution in [2.45, 2.75) is 45.6 Å². The molecule has 20 heavy (non-hydrogen) atoms. The van der Waals surface area contributed by atoms with Crippen LogP contribution in [0, 0.1) is 5.92 Å². The Balaban J connectivity index is 3.03. The Hall–Kier alpha value is -1.36. The molecule has 0 saturated heterocycles. The smallest absolute Gasteiger partial charge is 0.240 e. The van der Waals surface area contributed by atoms with Crippen molar-refractivity contribution >= 4 is 0 Å². The summed E-state index contributed by atoms with van der Waals surface area (Å²) in [5.74, 6) is 1.54. The minimum absolute atomic E-state index is 0.153. The van der Waals surface area contributed by atoms with E-state index in [9.17, 15) is 0 Å². The number of methoxy groups -OCH3 is 2. The maximum atomic E-state index is 5.38. The molecule has 0 fully saturated rings. The van der Waals surface area contributed by atoms with E-state index in [0.29, 0.717) is 17.7 Å². The molecule has 0 aromatic carbocycles. The van der Waals surface area contributed by atoms with Gasteiger partial charge in [0.15, 0.2) is 0 Å². The maximum Gasteiger partial charge on any atom is 0.240 e. The third-order valence-corrected chi connectivity index (χ3v) is 3.68. The van der Waals surface area contributed by atoms with Crippen molar-refractivity contribution in [3.05, 3.63) is 11.9 Å². The average molecular weight is 281 g/mol. The van der Waals surface area contributed by atoms with Crippen LogP contribution in [-0.2, 0) is 0 Å². The zero-order valence-electron chi connectivity index (χ0n) is 13.3. The van der Waals surface area contributed by atoms with E-state index in [0.717, 1.165) is 12.1 Å². The van der Waals surface area contributed by atoms with Gasteiger partial charge in [-0.1, -0.05) is 33.1 Å². The molecule has 0 aliphatic heterocycles. The van der Waals surface area contributed by atoms with E-state index in [-0.39, 0.29) is 6.04 Å². The highest BCUT2D eigenvalue weighted by Crippen LogP contribution is 2.32. The normalized spacial score (nSPS) is 13.8. The fraction of sp³-hybridized carbons (Fsp3) is 0.733. The number of ether oxygens (including phenoxy) is 2. The van der Waals surface area contributed by atoms with Crippen molar-refractivity contribution in [2.24, 2.45) is 5.92 Å². The van der Waals surface area contributed by atoms with Crippen LogP contribution in [0.4, 0.5) is 0 Å². The summed E-state index contributed by atoms with van der Waals surface area (Å²) in [6.45, 7) is 4.43. The molecule has 2 unspecified atom stereocenters. The second-order valence-corrected chi connectivity index (χ2v) is 4.88. The lowest BCUT2D eigenvalue weighted by molar-refractivity contribution is 0.306. The Bertz CT molecular complexity index is 399. The van der Waals surface area contributed by atoms with Crippen molar-refractivity contribution in [3.63, 3.8) is 0 Å². The molecule has 1 aromatic rings. The maximum absolute atomic E-state index is 5.38. The lowest BCUT2D eigenvalue weighted by Crippen LogP contribution is -2.27. The number of nitrogens with zero attached hydrogens (tertiary/aromatic N) is 2. The van der Waals surface area contributed by atoms with Gasteiger partial charge >= 0.3 is 0 Å². The second kappa shape index (κ2) is 8.74. The minimum atomic E-state index is 0.153. The van der Waals surface area contributed by atoms with Crippen molar-refractivity contribution < 1.29 is 9.47 Å². The molecular weight excluding hydrogens is 254 g/mol. The Morgan fingerprint density at radius 2 is 2.00 bits per heavy atom. The number of aromatic nitrogens is 2. The van der Waals surface area contributed by atoms with E-state index in [1.54, 1.807) is 20.4 Å². The van der Waals surface area contributed by atoms with E-state index in [4.69, 9.17) is 9.47 Å². The molecule has 2 atom stereocenters. The lowest BCUT2D eigenvalue weighted by atomic mass is 9.89. The van der Waals surface area contributed by atoms with E-state index in [1.807, 2.05) is 7.05 Å². The SMILES string of the molecule is CCCCC(CC)C(NC)c1ncc(OC)nc1OC. The molecule has 1 heterocycles. The van der Waals surface area contributed by atoms with Crippen molar-refractivity contribution in [2.75, 3.05) is 21.3 Å². The van der Waals surface area contributed by atoms with Crippen LogP contribution >= 0.6 is 0 Å². The lowest BCUT2D eigenvalue weighted by Gasteiger charge is -2.26. The van der Waals surface area contributed by atoms with Crippen LogP contribution in [-0.4, -0.2) is 31.2 Å². The second-order valence-electron chi connectivity index (χ2n) is 4.88. The average Bonchev–Trinajstić information content (AvgIpc) is 2.51. The molecule has 0 aliphatic rings. The van der Waals surface area contributed by atoms with Gasteiger partial charge in [-0.3, -0.25) is 0 Å². The molecule has 1 N–H and O–H groups in total. The van der Waals surface area contributed by atoms with Crippen LogP contribution in [0.15, 0.2) is 6.20 Å². The Labute approximate surface area is 122 Å².